The van der Waals surface area contributed by atoms with Gasteiger partial charge in [-0.05, 0) is 26.0 Å². The molecule has 6 nitrogen and oxygen atoms in total. The van der Waals surface area contributed by atoms with Crippen LogP contribution in [-0.4, -0.2) is 41.1 Å². The number of hydrogen-bond acceptors (Lipinski definition) is 5. The molecule has 0 aromatic carbocycles. The van der Waals surface area contributed by atoms with Crippen molar-refractivity contribution in [3.05, 3.63) is 36.3 Å². The predicted molar refractivity (Wildman–Crippen MR) is 79.1 cm³/mol. The van der Waals surface area contributed by atoms with Crippen molar-refractivity contribution < 1.29 is 23.5 Å². The molecule has 1 amide bonds. The summed E-state index contributed by atoms with van der Waals surface area (Å²) < 4.78 is 16.7. The maximum absolute atomic E-state index is 12.9. The maximum atomic E-state index is 12.9. The predicted octanol–water partition coefficient (Wildman–Crippen LogP) is 1.51. The summed E-state index contributed by atoms with van der Waals surface area (Å²) in [7, 11) is 0. The molecule has 4 heterocycles. The van der Waals surface area contributed by atoms with Crippen LogP contribution in [0.5, 0.6) is 0 Å². The fourth-order valence-corrected chi connectivity index (χ4v) is 3.88. The highest BCUT2D eigenvalue weighted by molar-refractivity contribution is 5.91. The molecule has 1 spiro atoms. The van der Waals surface area contributed by atoms with Gasteiger partial charge in [-0.2, -0.15) is 0 Å². The number of rotatable bonds is 4. The van der Waals surface area contributed by atoms with Crippen molar-refractivity contribution in [1.82, 2.24) is 4.90 Å². The Bertz CT molecular complexity index is 665. The van der Waals surface area contributed by atoms with Crippen molar-refractivity contribution >= 4 is 11.9 Å². The summed E-state index contributed by atoms with van der Waals surface area (Å²) >= 11 is 0. The van der Waals surface area contributed by atoms with Crippen molar-refractivity contribution in [3.8, 4) is 0 Å². The van der Waals surface area contributed by atoms with E-state index in [1.165, 1.54) is 0 Å². The number of ether oxygens (including phenoxy) is 2. The largest absolute Gasteiger partial charge is 0.467 e. The first kappa shape index (κ1) is 14.5. The van der Waals surface area contributed by atoms with E-state index in [0.29, 0.717) is 13.1 Å². The number of amides is 1. The van der Waals surface area contributed by atoms with Gasteiger partial charge in [-0.15, -0.1) is 0 Å². The minimum absolute atomic E-state index is 0.0704. The molecule has 23 heavy (non-hydrogen) atoms. The highest BCUT2D eigenvalue weighted by Crippen LogP contribution is 2.52. The van der Waals surface area contributed by atoms with Crippen LogP contribution < -0.4 is 0 Å². The number of carbonyl (C=O) groups excluding carboxylic acids is 2. The third-order valence-electron chi connectivity index (χ3n) is 4.73. The van der Waals surface area contributed by atoms with Crippen LogP contribution in [-0.2, 0) is 25.6 Å². The lowest BCUT2D eigenvalue weighted by atomic mass is 9.77. The van der Waals surface area contributed by atoms with Crippen LogP contribution in [0.3, 0.4) is 0 Å². The number of carbonyl (C=O) groups is 2. The minimum atomic E-state index is -0.699. The van der Waals surface area contributed by atoms with Crippen molar-refractivity contribution in [2.24, 2.45) is 11.8 Å². The zero-order valence-electron chi connectivity index (χ0n) is 13.1. The van der Waals surface area contributed by atoms with E-state index in [4.69, 9.17) is 13.9 Å². The van der Waals surface area contributed by atoms with Crippen LogP contribution in [0.25, 0.3) is 0 Å². The smallest absolute Gasteiger partial charge is 0.313 e. The summed E-state index contributed by atoms with van der Waals surface area (Å²) in [6, 6.07) is 3.62. The minimum Gasteiger partial charge on any atom is -0.467 e. The van der Waals surface area contributed by atoms with Gasteiger partial charge in [0.05, 0.1) is 37.5 Å². The van der Waals surface area contributed by atoms with Crippen LogP contribution in [0, 0.1) is 11.8 Å². The summed E-state index contributed by atoms with van der Waals surface area (Å²) in [6.45, 7) is 4.43. The van der Waals surface area contributed by atoms with Crippen molar-refractivity contribution in [1.29, 1.82) is 0 Å². The molecule has 0 saturated carbocycles. The third-order valence-corrected chi connectivity index (χ3v) is 4.73. The molecule has 4 atom stereocenters. The standard InChI is InChI=1S/C17H19NO5/c1-10(2)22-16(20)13-12-5-6-17(23-12)9-18(15(19)14(13)17)8-11-4-3-7-21-11/h3-7,10,12-14H,8-9H2,1-2H3/t12-,13-,14+,17-/m0/s1. The van der Waals surface area contributed by atoms with E-state index >= 15 is 0 Å². The quantitative estimate of drug-likeness (QED) is 0.622. The van der Waals surface area contributed by atoms with Gasteiger partial charge in [0.1, 0.15) is 17.3 Å². The van der Waals surface area contributed by atoms with E-state index in [0.717, 1.165) is 5.76 Å². The summed E-state index contributed by atoms with van der Waals surface area (Å²) in [5.41, 5.74) is -0.699. The van der Waals surface area contributed by atoms with E-state index in [1.807, 2.05) is 18.2 Å². The van der Waals surface area contributed by atoms with Gasteiger partial charge in [0, 0.05) is 0 Å². The van der Waals surface area contributed by atoms with E-state index in [2.05, 4.69) is 0 Å². The monoisotopic (exact) mass is 317 g/mol. The Morgan fingerprint density at radius 2 is 2.35 bits per heavy atom. The third kappa shape index (κ3) is 2.12. The van der Waals surface area contributed by atoms with Crippen molar-refractivity contribution in [2.45, 2.75) is 38.2 Å². The molecule has 1 aromatic rings. The average molecular weight is 317 g/mol. The molecule has 0 unspecified atom stereocenters. The molecule has 2 saturated heterocycles. The van der Waals surface area contributed by atoms with Gasteiger partial charge < -0.3 is 18.8 Å². The van der Waals surface area contributed by atoms with Gasteiger partial charge in [-0.25, -0.2) is 0 Å². The van der Waals surface area contributed by atoms with E-state index in [9.17, 15) is 9.59 Å². The first-order valence-corrected chi connectivity index (χ1v) is 7.89. The molecule has 2 fully saturated rings. The molecule has 122 valence electrons. The topological polar surface area (TPSA) is 69.0 Å². The normalized spacial score (nSPS) is 34.5. The van der Waals surface area contributed by atoms with E-state index in [-0.39, 0.29) is 24.1 Å². The van der Waals surface area contributed by atoms with Gasteiger partial charge in [-0.1, -0.05) is 12.2 Å². The Kier molecular flexibility index (Phi) is 3.13. The molecule has 4 rings (SSSR count). The van der Waals surface area contributed by atoms with Crippen LogP contribution >= 0.6 is 0 Å². The second-order valence-corrected chi connectivity index (χ2v) is 6.66. The molecule has 0 N–H and O–H groups in total. The van der Waals surface area contributed by atoms with Gasteiger partial charge in [0.15, 0.2) is 0 Å². The molecule has 1 aromatic heterocycles. The number of hydrogen-bond donors (Lipinski definition) is 0. The first-order valence-electron chi connectivity index (χ1n) is 7.89. The molecule has 3 aliphatic rings. The SMILES string of the molecule is CC(C)OC(=O)[C@H]1[C@@H]2C=C[C@@]3(CN(Cc4ccco4)C(=O)[C@@H]13)O2. The van der Waals surface area contributed by atoms with Gasteiger partial charge in [-0.3, -0.25) is 9.59 Å². The molecule has 2 bridgehead atoms. The summed E-state index contributed by atoms with van der Waals surface area (Å²) in [5, 5.41) is 0. The van der Waals surface area contributed by atoms with Crippen molar-refractivity contribution in [3.63, 3.8) is 0 Å². The zero-order chi connectivity index (χ0) is 16.2. The maximum Gasteiger partial charge on any atom is 0.313 e. The lowest BCUT2D eigenvalue weighted by Crippen LogP contribution is -2.40. The van der Waals surface area contributed by atoms with E-state index < -0.39 is 17.4 Å². The van der Waals surface area contributed by atoms with Crippen LogP contribution in [0.4, 0.5) is 0 Å². The van der Waals surface area contributed by atoms with Gasteiger partial charge >= 0.3 is 5.97 Å². The van der Waals surface area contributed by atoms with Gasteiger partial charge in [0.2, 0.25) is 5.91 Å². The summed E-state index contributed by atoms with van der Waals surface area (Å²) in [4.78, 5) is 27.0. The Morgan fingerprint density at radius 3 is 3.04 bits per heavy atom. The van der Waals surface area contributed by atoms with Crippen molar-refractivity contribution in [2.75, 3.05) is 6.54 Å². The second kappa shape index (κ2) is 4.96. The number of likely N-dealkylation sites (tertiary alicyclic amines) is 1. The Balaban J connectivity index is 1.59. The summed E-state index contributed by atoms with van der Waals surface area (Å²) in [5.74, 6) is -0.766. The highest BCUT2D eigenvalue weighted by Gasteiger charge is 2.67. The van der Waals surface area contributed by atoms with Crippen LogP contribution in [0.2, 0.25) is 0 Å². The fourth-order valence-electron chi connectivity index (χ4n) is 3.88. The molecular formula is C17H19NO5. The lowest BCUT2D eigenvalue weighted by Gasteiger charge is -2.23. The Hall–Kier alpha value is -2.08. The molecule has 0 radical (unpaired) electrons. The highest BCUT2D eigenvalue weighted by atomic mass is 16.6. The Labute approximate surface area is 134 Å². The zero-order valence-corrected chi connectivity index (χ0v) is 13.1. The molecule has 6 heteroatoms. The molecular weight excluding hydrogens is 298 g/mol. The van der Waals surface area contributed by atoms with Gasteiger partial charge in [0.25, 0.3) is 0 Å². The van der Waals surface area contributed by atoms with E-state index in [1.54, 1.807) is 31.1 Å². The number of esters is 1. The Morgan fingerprint density at radius 1 is 1.52 bits per heavy atom. The van der Waals surface area contributed by atoms with Crippen LogP contribution in [0.1, 0.15) is 19.6 Å². The second-order valence-electron chi connectivity index (χ2n) is 6.66. The first-order chi connectivity index (χ1) is 11.0. The molecule has 3 aliphatic heterocycles. The summed E-state index contributed by atoms with van der Waals surface area (Å²) in [6.07, 6.45) is 4.83. The average Bonchev–Trinajstić information content (AvgIpc) is 3.21. The van der Waals surface area contributed by atoms with Crippen LogP contribution in [0.15, 0.2) is 35.0 Å². The number of fused-ring (bicyclic) bond motifs is 1. The lowest BCUT2D eigenvalue weighted by molar-refractivity contribution is -0.157. The molecule has 0 aliphatic carbocycles. The number of furan rings is 1. The number of nitrogens with zero attached hydrogens (tertiary/aromatic N) is 1. The fraction of sp³-hybridized carbons (Fsp3) is 0.529.